The maximum Gasteiger partial charge on any atom is 0.170 e. The van der Waals surface area contributed by atoms with Gasteiger partial charge in [0.25, 0.3) is 0 Å². The molecule has 5 rings (SSSR count). The number of anilines is 1. The SMILES string of the molecule is CNC[C@H]1CCC[C@H](CCCC(=O)[C@H](O)C(=O)CCc2cc(OC)c(O)c([C@@H]3c4ccnc(N)c4C=C[C@@]3(CO)Cc3ccc[nH]3)c2)C1. The van der Waals surface area contributed by atoms with Crippen molar-refractivity contribution in [3.8, 4) is 11.5 Å². The first-order valence-electron chi connectivity index (χ1n) is 17.1. The molecule has 1 fully saturated rings. The molecule has 1 saturated carbocycles. The Bertz CT molecular complexity index is 1590. The number of phenols is 1. The lowest BCUT2D eigenvalue weighted by Gasteiger charge is -2.41. The van der Waals surface area contributed by atoms with Crippen molar-refractivity contribution in [1.82, 2.24) is 15.3 Å². The molecule has 5 atom stereocenters. The van der Waals surface area contributed by atoms with E-state index in [0.717, 1.165) is 30.6 Å². The number of aromatic amines is 1. The van der Waals surface area contributed by atoms with Gasteiger partial charge in [0, 0.05) is 53.4 Å². The zero-order chi connectivity index (χ0) is 34.3. The number of aliphatic hydroxyl groups excluding tert-OH is 2. The summed E-state index contributed by atoms with van der Waals surface area (Å²) in [7, 11) is 3.44. The average Bonchev–Trinajstić information content (AvgIpc) is 3.60. The number of Topliss-reactive ketones (excluding diaryl/α,β-unsaturated/α-hetero) is 2. The first-order chi connectivity index (χ1) is 23.2. The second-order valence-corrected chi connectivity index (χ2v) is 13.6. The molecular formula is C38H50N4O6. The molecule has 10 heteroatoms. The number of aromatic nitrogens is 2. The minimum absolute atomic E-state index is 0.0553. The molecule has 7 N–H and O–H groups in total. The van der Waals surface area contributed by atoms with Crippen molar-refractivity contribution >= 4 is 23.5 Å². The molecule has 0 saturated heterocycles. The molecular weight excluding hydrogens is 608 g/mol. The van der Waals surface area contributed by atoms with Crippen LogP contribution in [0.3, 0.4) is 0 Å². The molecule has 0 radical (unpaired) electrons. The van der Waals surface area contributed by atoms with Gasteiger partial charge in [-0.3, -0.25) is 9.59 Å². The molecule has 0 spiro atoms. The van der Waals surface area contributed by atoms with Crippen molar-refractivity contribution in [2.45, 2.75) is 76.2 Å². The number of pyridine rings is 1. The Kier molecular flexibility index (Phi) is 11.7. The van der Waals surface area contributed by atoms with E-state index in [1.54, 1.807) is 12.3 Å². The monoisotopic (exact) mass is 658 g/mol. The Balaban J connectivity index is 1.32. The summed E-state index contributed by atoms with van der Waals surface area (Å²) in [6, 6.07) is 9.17. The maximum atomic E-state index is 13.0. The third kappa shape index (κ3) is 7.83. The summed E-state index contributed by atoms with van der Waals surface area (Å²) in [5.74, 6) is 0.230. The van der Waals surface area contributed by atoms with Crippen LogP contribution in [0.1, 0.15) is 85.2 Å². The van der Waals surface area contributed by atoms with E-state index in [-0.39, 0.29) is 37.4 Å². The summed E-state index contributed by atoms with van der Waals surface area (Å²) >= 11 is 0. The molecule has 0 bridgehead atoms. The molecule has 0 unspecified atom stereocenters. The molecule has 2 heterocycles. The highest BCUT2D eigenvalue weighted by Gasteiger charge is 2.44. The standard InChI is InChI=1S/C38H50N4O6/c1-40-22-26-8-3-6-24(18-26)7-4-10-31(44)36(47)32(45)12-11-25-19-30(35(46)33(20-25)48-2)34-28-14-17-42-37(39)29(28)13-15-38(34,23-43)21-27-9-5-16-41-27/h5,9,13-17,19-20,24,26,34,36,40-41,43,46-47H,3-4,6-8,10-12,18,21-23H2,1-2H3,(H2,39,42)/t24-,26+,34+,36+,38+/m1/s1. The molecule has 0 aliphatic heterocycles. The first kappa shape index (κ1) is 35.3. The Morgan fingerprint density at radius 2 is 1.96 bits per heavy atom. The molecule has 48 heavy (non-hydrogen) atoms. The van der Waals surface area contributed by atoms with Crippen molar-refractivity contribution in [2.24, 2.45) is 17.3 Å². The molecule has 0 amide bonds. The van der Waals surface area contributed by atoms with Crippen LogP contribution in [-0.4, -0.2) is 70.3 Å². The van der Waals surface area contributed by atoms with E-state index in [9.17, 15) is 24.9 Å². The molecule has 2 aliphatic rings. The fourth-order valence-electron chi connectivity index (χ4n) is 7.90. The van der Waals surface area contributed by atoms with E-state index in [4.69, 9.17) is 10.5 Å². The minimum Gasteiger partial charge on any atom is -0.504 e. The normalized spacial score (nSPS) is 22.6. The number of nitrogen functional groups attached to an aromatic ring is 1. The van der Waals surface area contributed by atoms with Gasteiger partial charge in [0.1, 0.15) is 5.82 Å². The van der Waals surface area contributed by atoms with Crippen molar-refractivity contribution in [3.05, 3.63) is 76.7 Å². The van der Waals surface area contributed by atoms with Crippen LogP contribution in [-0.2, 0) is 22.4 Å². The highest BCUT2D eigenvalue weighted by Crippen LogP contribution is 2.53. The number of aryl methyl sites for hydroxylation is 1. The lowest BCUT2D eigenvalue weighted by atomic mass is 9.63. The third-order valence-electron chi connectivity index (χ3n) is 10.4. The van der Waals surface area contributed by atoms with Gasteiger partial charge in [-0.1, -0.05) is 37.5 Å². The molecule has 3 aromatic rings. The van der Waals surface area contributed by atoms with Gasteiger partial charge in [0.15, 0.2) is 29.2 Å². The topological polar surface area (TPSA) is 171 Å². The first-order valence-corrected chi connectivity index (χ1v) is 17.1. The quantitative estimate of drug-likeness (QED) is 0.119. The van der Waals surface area contributed by atoms with Crippen LogP contribution in [0, 0.1) is 17.3 Å². The number of fused-ring (bicyclic) bond motifs is 1. The van der Waals surface area contributed by atoms with Gasteiger partial charge in [-0.15, -0.1) is 0 Å². The van der Waals surface area contributed by atoms with Gasteiger partial charge in [-0.05, 0) is 92.9 Å². The number of nitrogens with two attached hydrogens (primary N) is 1. The number of hydrogen-bond donors (Lipinski definition) is 6. The van der Waals surface area contributed by atoms with Crippen molar-refractivity contribution < 1.29 is 29.6 Å². The van der Waals surface area contributed by atoms with Crippen molar-refractivity contribution in [2.75, 3.05) is 33.0 Å². The van der Waals surface area contributed by atoms with E-state index in [1.165, 1.54) is 26.4 Å². The largest absolute Gasteiger partial charge is 0.504 e. The zero-order valence-electron chi connectivity index (χ0n) is 28.1. The van der Waals surface area contributed by atoms with Gasteiger partial charge in [-0.2, -0.15) is 0 Å². The number of aromatic hydroxyl groups is 1. The third-order valence-corrected chi connectivity index (χ3v) is 10.4. The van der Waals surface area contributed by atoms with Gasteiger partial charge < -0.3 is 36.1 Å². The van der Waals surface area contributed by atoms with Crippen molar-refractivity contribution in [3.63, 3.8) is 0 Å². The summed E-state index contributed by atoms with van der Waals surface area (Å²) < 4.78 is 5.58. The molecule has 1 aromatic carbocycles. The lowest BCUT2D eigenvalue weighted by Crippen LogP contribution is -2.36. The predicted molar refractivity (Wildman–Crippen MR) is 186 cm³/mol. The number of H-pyrrole nitrogens is 1. The van der Waals surface area contributed by atoms with Crippen molar-refractivity contribution in [1.29, 1.82) is 0 Å². The fraction of sp³-hybridized carbons (Fsp3) is 0.500. The Morgan fingerprint density at radius 3 is 2.69 bits per heavy atom. The highest BCUT2D eigenvalue weighted by molar-refractivity contribution is 6.05. The lowest BCUT2D eigenvalue weighted by molar-refractivity contribution is -0.138. The van der Waals surface area contributed by atoms with Gasteiger partial charge >= 0.3 is 0 Å². The van der Waals surface area contributed by atoms with Crippen LogP contribution in [0.2, 0.25) is 0 Å². The summed E-state index contributed by atoms with van der Waals surface area (Å²) in [4.78, 5) is 33.3. The van der Waals surface area contributed by atoms with E-state index < -0.39 is 29.0 Å². The molecule has 2 aliphatic carbocycles. The Morgan fingerprint density at radius 1 is 1.17 bits per heavy atom. The van der Waals surface area contributed by atoms with Crippen LogP contribution in [0.25, 0.3) is 6.08 Å². The van der Waals surface area contributed by atoms with E-state index in [2.05, 4.69) is 15.3 Å². The summed E-state index contributed by atoms with van der Waals surface area (Å²) in [5, 5.41) is 36.4. The summed E-state index contributed by atoms with van der Waals surface area (Å²) in [5.41, 5.74) is 9.02. The zero-order valence-corrected chi connectivity index (χ0v) is 28.1. The summed E-state index contributed by atoms with van der Waals surface area (Å²) in [6.45, 7) is 0.787. The number of methoxy groups -OCH3 is 1. The number of hydrogen-bond acceptors (Lipinski definition) is 9. The van der Waals surface area contributed by atoms with Crippen LogP contribution >= 0.6 is 0 Å². The van der Waals surface area contributed by atoms with Crippen LogP contribution in [0.5, 0.6) is 11.5 Å². The molecule has 2 aromatic heterocycles. The van der Waals surface area contributed by atoms with Gasteiger partial charge in [-0.25, -0.2) is 4.98 Å². The fourth-order valence-corrected chi connectivity index (χ4v) is 7.90. The van der Waals surface area contributed by atoms with Crippen LogP contribution in [0.15, 0.2) is 48.8 Å². The molecule has 10 nitrogen and oxygen atoms in total. The number of aliphatic hydroxyl groups is 2. The number of rotatable bonds is 16. The molecule has 258 valence electrons. The number of benzene rings is 1. The van der Waals surface area contributed by atoms with Crippen LogP contribution < -0.4 is 15.8 Å². The van der Waals surface area contributed by atoms with Gasteiger partial charge in [0.05, 0.1) is 13.7 Å². The minimum atomic E-state index is -1.65. The van der Waals surface area contributed by atoms with E-state index in [0.29, 0.717) is 47.2 Å². The van der Waals surface area contributed by atoms with E-state index >= 15 is 0 Å². The number of ether oxygens (including phenoxy) is 1. The number of nitrogens with one attached hydrogen (secondary N) is 2. The second-order valence-electron chi connectivity index (χ2n) is 13.6. The predicted octanol–water partition coefficient (Wildman–Crippen LogP) is 4.71. The number of carbonyl (C=O) groups is 2. The number of ketones is 2. The highest BCUT2D eigenvalue weighted by atomic mass is 16.5. The average molecular weight is 659 g/mol. The van der Waals surface area contributed by atoms with Gasteiger partial charge in [0.2, 0.25) is 0 Å². The number of nitrogens with zero attached hydrogens (tertiary/aromatic N) is 1. The Hall–Kier alpha value is -3.99. The summed E-state index contributed by atoms with van der Waals surface area (Å²) in [6.07, 6.45) is 12.8. The van der Waals surface area contributed by atoms with Crippen LogP contribution in [0.4, 0.5) is 5.82 Å². The Labute approximate surface area is 282 Å². The maximum absolute atomic E-state index is 13.0. The number of phenolic OH excluding ortho intramolecular Hbond substituents is 1. The second kappa shape index (κ2) is 15.9. The number of carbonyl (C=O) groups excluding carboxylic acids is 2. The smallest absolute Gasteiger partial charge is 0.170 e. The van der Waals surface area contributed by atoms with E-state index in [1.807, 2.05) is 49.7 Å².